The second-order valence-electron chi connectivity index (χ2n) is 6.40. The number of amides is 1. The molecule has 5 nitrogen and oxygen atoms in total. The number of ether oxygens (including phenoxy) is 1. The first-order valence-corrected chi connectivity index (χ1v) is 10.1. The Balaban J connectivity index is 0.00000117. The summed E-state index contributed by atoms with van der Waals surface area (Å²) in [5.41, 5.74) is 4.69. The monoisotopic (exact) mass is 409 g/mol. The minimum absolute atomic E-state index is 0.322. The number of carbonyl (C=O) groups is 1. The standard InChI is InChI=1S/C21H18ClN3O2.C2H6/c1-27-19-10-14-6-4-5-13(14)9-16(19)18-11-24-20(12-23-18)25-21(26)15-7-2-3-8-17(15)22;1-2/h2-3,7-12H,4-6H2,1H3,(H,24,25,26);1-2H3. The largest absolute Gasteiger partial charge is 0.496 e. The molecule has 29 heavy (non-hydrogen) atoms. The van der Waals surface area contributed by atoms with E-state index >= 15 is 0 Å². The van der Waals surface area contributed by atoms with Crippen LogP contribution >= 0.6 is 11.6 Å². The van der Waals surface area contributed by atoms with Crippen LogP contribution in [0.1, 0.15) is 41.8 Å². The van der Waals surface area contributed by atoms with Gasteiger partial charge in [-0.15, -0.1) is 0 Å². The maximum absolute atomic E-state index is 12.3. The molecular weight excluding hydrogens is 386 g/mol. The van der Waals surface area contributed by atoms with E-state index in [9.17, 15) is 4.79 Å². The Morgan fingerprint density at radius 1 is 1.07 bits per heavy atom. The van der Waals surface area contributed by atoms with E-state index in [0.717, 1.165) is 24.2 Å². The predicted molar refractivity (Wildman–Crippen MR) is 117 cm³/mol. The van der Waals surface area contributed by atoms with Crippen LogP contribution in [0.5, 0.6) is 5.75 Å². The third-order valence-corrected chi connectivity index (χ3v) is 5.03. The summed E-state index contributed by atoms with van der Waals surface area (Å²) in [5.74, 6) is 0.833. The highest BCUT2D eigenvalue weighted by Gasteiger charge is 2.17. The normalized spacial score (nSPS) is 11.9. The van der Waals surface area contributed by atoms with Crippen LogP contribution in [0, 0.1) is 0 Å². The van der Waals surface area contributed by atoms with Gasteiger partial charge in [-0.25, -0.2) is 4.98 Å². The number of fused-ring (bicyclic) bond motifs is 1. The van der Waals surface area contributed by atoms with Gasteiger partial charge in [-0.1, -0.05) is 37.6 Å². The SMILES string of the molecule is CC.COc1cc2c(cc1-c1cnc(NC(=O)c3ccccc3Cl)cn1)CCC2. The van der Waals surface area contributed by atoms with Gasteiger partial charge in [-0.3, -0.25) is 9.78 Å². The highest BCUT2D eigenvalue weighted by molar-refractivity contribution is 6.34. The van der Waals surface area contributed by atoms with Crippen LogP contribution < -0.4 is 10.1 Å². The van der Waals surface area contributed by atoms with Gasteiger partial charge in [0.25, 0.3) is 5.91 Å². The molecule has 1 aliphatic rings. The molecule has 1 amide bonds. The van der Waals surface area contributed by atoms with Crippen LogP contribution in [-0.4, -0.2) is 23.0 Å². The quantitative estimate of drug-likeness (QED) is 0.611. The summed E-state index contributed by atoms with van der Waals surface area (Å²) < 4.78 is 5.54. The number of anilines is 1. The Kier molecular flexibility index (Phi) is 6.83. The van der Waals surface area contributed by atoms with Crippen molar-refractivity contribution in [2.75, 3.05) is 12.4 Å². The molecule has 0 saturated carbocycles. The Morgan fingerprint density at radius 3 is 2.45 bits per heavy atom. The van der Waals surface area contributed by atoms with Crippen molar-refractivity contribution in [3.63, 3.8) is 0 Å². The number of hydrogen-bond acceptors (Lipinski definition) is 4. The average molecular weight is 410 g/mol. The van der Waals surface area contributed by atoms with Crippen molar-refractivity contribution in [3.8, 4) is 17.0 Å². The molecule has 0 bridgehead atoms. The van der Waals surface area contributed by atoms with Crippen LogP contribution in [0.3, 0.4) is 0 Å². The zero-order chi connectivity index (χ0) is 20.8. The number of benzene rings is 2. The summed E-state index contributed by atoms with van der Waals surface area (Å²) in [5, 5.41) is 3.11. The van der Waals surface area contributed by atoms with Crippen molar-refractivity contribution >= 4 is 23.3 Å². The van der Waals surface area contributed by atoms with Crippen molar-refractivity contribution in [3.05, 3.63) is 70.5 Å². The van der Waals surface area contributed by atoms with Gasteiger partial charge in [0.05, 0.1) is 35.8 Å². The van der Waals surface area contributed by atoms with Gasteiger partial charge in [0.2, 0.25) is 0 Å². The number of rotatable bonds is 4. The summed E-state index contributed by atoms with van der Waals surface area (Å²) >= 11 is 6.06. The van der Waals surface area contributed by atoms with Crippen molar-refractivity contribution in [2.45, 2.75) is 33.1 Å². The molecule has 4 rings (SSSR count). The van der Waals surface area contributed by atoms with Gasteiger partial charge in [-0.05, 0) is 54.7 Å². The zero-order valence-electron chi connectivity index (χ0n) is 16.8. The van der Waals surface area contributed by atoms with E-state index in [2.05, 4.69) is 27.4 Å². The third-order valence-electron chi connectivity index (χ3n) is 4.70. The van der Waals surface area contributed by atoms with Gasteiger partial charge >= 0.3 is 0 Å². The third kappa shape index (κ3) is 4.57. The lowest BCUT2D eigenvalue weighted by Gasteiger charge is -2.11. The summed E-state index contributed by atoms with van der Waals surface area (Å²) in [7, 11) is 1.66. The number of aryl methyl sites for hydroxylation is 2. The maximum Gasteiger partial charge on any atom is 0.258 e. The summed E-state index contributed by atoms with van der Waals surface area (Å²) in [6.45, 7) is 4.00. The van der Waals surface area contributed by atoms with Gasteiger partial charge in [-0.2, -0.15) is 0 Å². The molecule has 1 aromatic heterocycles. The second kappa shape index (κ2) is 9.52. The van der Waals surface area contributed by atoms with E-state index < -0.39 is 0 Å². The van der Waals surface area contributed by atoms with Crippen molar-refractivity contribution < 1.29 is 9.53 Å². The number of nitrogens with zero attached hydrogens (tertiary/aromatic N) is 2. The first kappa shape index (κ1) is 20.8. The molecule has 1 aliphatic carbocycles. The molecule has 6 heteroatoms. The topological polar surface area (TPSA) is 64.1 Å². The number of methoxy groups -OCH3 is 1. The van der Waals surface area contributed by atoms with Crippen molar-refractivity contribution in [1.29, 1.82) is 0 Å². The van der Waals surface area contributed by atoms with Crippen LogP contribution in [0.25, 0.3) is 11.3 Å². The molecule has 1 heterocycles. The fourth-order valence-electron chi connectivity index (χ4n) is 3.33. The molecule has 150 valence electrons. The first-order chi connectivity index (χ1) is 14.2. The maximum atomic E-state index is 12.3. The molecule has 3 aromatic rings. The fourth-order valence-corrected chi connectivity index (χ4v) is 3.55. The molecule has 0 fully saturated rings. The molecule has 0 unspecified atom stereocenters. The van der Waals surface area contributed by atoms with Crippen LogP contribution in [-0.2, 0) is 12.8 Å². The lowest BCUT2D eigenvalue weighted by atomic mass is 10.0. The van der Waals surface area contributed by atoms with Gasteiger partial charge in [0.15, 0.2) is 5.82 Å². The number of carbonyl (C=O) groups excluding carboxylic acids is 1. The molecular formula is C23H24ClN3O2. The van der Waals surface area contributed by atoms with Gasteiger partial charge in [0, 0.05) is 5.56 Å². The van der Waals surface area contributed by atoms with Crippen LogP contribution in [0.2, 0.25) is 5.02 Å². The van der Waals surface area contributed by atoms with Gasteiger partial charge < -0.3 is 10.1 Å². The van der Waals surface area contributed by atoms with E-state index in [1.807, 2.05) is 13.8 Å². The Hall–Kier alpha value is -2.92. The summed E-state index contributed by atoms with van der Waals surface area (Å²) in [6.07, 6.45) is 6.51. The number of halogens is 1. The number of aromatic nitrogens is 2. The van der Waals surface area contributed by atoms with Crippen LogP contribution in [0.15, 0.2) is 48.8 Å². The van der Waals surface area contributed by atoms with E-state index in [-0.39, 0.29) is 5.91 Å². The zero-order valence-corrected chi connectivity index (χ0v) is 17.6. The van der Waals surface area contributed by atoms with Gasteiger partial charge in [0.1, 0.15) is 5.75 Å². The average Bonchev–Trinajstić information content (AvgIpc) is 3.22. The van der Waals surface area contributed by atoms with E-state index in [1.165, 1.54) is 23.7 Å². The minimum atomic E-state index is -0.322. The van der Waals surface area contributed by atoms with Crippen LogP contribution in [0.4, 0.5) is 5.82 Å². The van der Waals surface area contributed by atoms with Crippen molar-refractivity contribution in [2.24, 2.45) is 0 Å². The Morgan fingerprint density at radius 2 is 1.79 bits per heavy atom. The number of hydrogen-bond donors (Lipinski definition) is 1. The molecule has 0 atom stereocenters. The van der Waals surface area contributed by atoms with Crippen molar-refractivity contribution in [1.82, 2.24) is 9.97 Å². The highest BCUT2D eigenvalue weighted by Crippen LogP contribution is 2.35. The summed E-state index contributed by atoms with van der Waals surface area (Å²) in [4.78, 5) is 21.1. The molecule has 0 radical (unpaired) electrons. The lowest BCUT2D eigenvalue weighted by molar-refractivity contribution is 0.102. The Labute approximate surface area is 176 Å². The van der Waals surface area contributed by atoms with E-state index in [1.54, 1.807) is 37.6 Å². The lowest BCUT2D eigenvalue weighted by Crippen LogP contribution is -2.13. The highest BCUT2D eigenvalue weighted by atomic mass is 35.5. The number of nitrogens with one attached hydrogen (secondary N) is 1. The fraction of sp³-hybridized carbons (Fsp3) is 0.261. The van der Waals surface area contributed by atoms with E-state index in [0.29, 0.717) is 22.1 Å². The predicted octanol–water partition coefficient (Wildman–Crippen LogP) is 5.57. The smallest absolute Gasteiger partial charge is 0.258 e. The minimum Gasteiger partial charge on any atom is -0.496 e. The summed E-state index contributed by atoms with van der Waals surface area (Å²) in [6, 6.07) is 11.1. The molecule has 1 N–H and O–H groups in total. The second-order valence-corrected chi connectivity index (χ2v) is 6.80. The Bertz CT molecular complexity index is 1000. The molecule has 0 spiro atoms. The first-order valence-electron chi connectivity index (χ1n) is 9.74. The molecule has 0 aliphatic heterocycles. The molecule has 2 aromatic carbocycles. The molecule has 0 saturated heterocycles. The van der Waals surface area contributed by atoms with E-state index in [4.69, 9.17) is 16.3 Å².